The summed E-state index contributed by atoms with van der Waals surface area (Å²) in [6, 6.07) is 17.6. The summed E-state index contributed by atoms with van der Waals surface area (Å²) < 4.78 is 41.6. The first-order chi connectivity index (χ1) is 29.6. The largest absolute Gasteiger partial charge is 0.497 e. The molecule has 4 aliphatic rings. The Hall–Kier alpha value is -5.37. The van der Waals surface area contributed by atoms with Gasteiger partial charge in [0.15, 0.2) is 11.0 Å². The van der Waals surface area contributed by atoms with Crippen LogP contribution in [-0.4, -0.2) is 87.8 Å². The van der Waals surface area contributed by atoms with E-state index in [0.29, 0.717) is 47.5 Å². The van der Waals surface area contributed by atoms with Crippen LogP contribution in [-0.2, 0) is 17.8 Å². The lowest BCUT2D eigenvalue weighted by molar-refractivity contribution is 0.000946. The zero-order chi connectivity index (χ0) is 43.8. The van der Waals surface area contributed by atoms with E-state index in [4.69, 9.17) is 38.9 Å². The highest BCUT2D eigenvalue weighted by molar-refractivity contribution is 7.98. The number of thioether (sulfide) groups is 1. The van der Waals surface area contributed by atoms with Gasteiger partial charge in [-0.1, -0.05) is 49.9 Å². The summed E-state index contributed by atoms with van der Waals surface area (Å²) in [4.78, 5) is 40.5. The Morgan fingerprint density at radius 3 is 2.15 bits per heavy atom. The summed E-state index contributed by atoms with van der Waals surface area (Å²) in [6.45, 7) is 15.8. The maximum Gasteiger partial charge on any atom is 0.410 e. The number of rotatable bonds is 10. The number of halogens is 1. The molecule has 1 aliphatic carbocycles. The zero-order valence-electron chi connectivity index (χ0n) is 37.3. The number of aryl methyl sites for hydroxylation is 1. The minimum absolute atomic E-state index is 0.00231. The summed E-state index contributed by atoms with van der Waals surface area (Å²) in [5.74, 6) is 2.67. The molecule has 1 amide bonds. The molecule has 5 aromatic rings. The minimum Gasteiger partial charge on any atom is -0.497 e. The second kappa shape index (κ2) is 15.8. The van der Waals surface area contributed by atoms with Crippen molar-refractivity contribution >= 4 is 40.4 Å². The van der Waals surface area contributed by atoms with Crippen LogP contribution in [0.3, 0.4) is 0 Å². The third-order valence-electron chi connectivity index (χ3n) is 13.0. The van der Waals surface area contributed by atoms with Gasteiger partial charge in [0.25, 0.3) is 0 Å². The number of carbonyl (C=O) groups excluding carboxylic acids is 1. The number of fused-ring (bicyclic) bond motifs is 5. The highest BCUT2D eigenvalue weighted by atomic mass is 32.2. The predicted molar refractivity (Wildman–Crippen MR) is 240 cm³/mol. The predicted octanol–water partition coefficient (Wildman–Crippen LogP) is 9.73. The third kappa shape index (κ3) is 7.62. The van der Waals surface area contributed by atoms with E-state index in [1.54, 1.807) is 14.2 Å². The molecule has 2 aromatic carbocycles. The molecule has 0 radical (unpaired) electrons. The van der Waals surface area contributed by atoms with Gasteiger partial charge in [0.05, 0.1) is 38.0 Å². The van der Waals surface area contributed by atoms with E-state index in [9.17, 15) is 4.79 Å². The van der Waals surface area contributed by atoms with E-state index in [0.717, 1.165) is 53.0 Å². The second-order valence-electron chi connectivity index (χ2n) is 18.8. The Balaban J connectivity index is 1.19. The van der Waals surface area contributed by atoms with Crippen molar-refractivity contribution in [2.75, 3.05) is 36.8 Å². The number of anilines is 2. The van der Waals surface area contributed by atoms with Gasteiger partial charge >= 0.3 is 6.09 Å². The highest BCUT2D eigenvalue weighted by Crippen LogP contribution is 2.61. The number of hydrogen-bond donors (Lipinski definition) is 0. The normalized spacial score (nSPS) is 22.1. The molecule has 1 unspecified atom stereocenters. The van der Waals surface area contributed by atoms with E-state index in [-0.39, 0.29) is 52.6 Å². The fraction of sp³-hybridized carbons (Fsp3) is 0.479. The molecule has 6 heterocycles. The molecule has 3 fully saturated rings. The van der Waals surface area contributed by atoms with Crippen LogP contribution in [0, 0.1) is 18.2 Å². The van der Waals surface area contributed by atoms with Crippen LogP contribution < -0.4 is 24.0 Å². The van der Waals surface area contributed by atoms with E-state index in [2.05, 4.69) is 60.9 Å². The molecule has 9 rings (SSSR count). The molecule has 3 aromatic heterocycles. The van der Waals surface area contributed by atoms with Crippen LogP contribution >= 0.6 is 11.8 Å². The maximum absolute atomic E-state index is 17.9. The number of methoxy groups -OCH3 is 2. The van der Waals surface area contributed by atoms with Crippen molar-refractivity contribution in [2.45, 2.75) is 122 Å². The first-order valence-corrected chi connectivity index (χ1v) is 22.7. The van der Waals surface area contributed by atoms with E-state index in [1.165, 1.54) is 11.8 Å². The number of benzene rings is 2. The number of amides is 1. The molecule has 14 heteroatoms. The number of carbonyl (C=O) groups is 1. The maximum atomic E-state index is 17.9. The first kappa shape index (κ1) is 42.0. The average molecular weight is 862 g/mol. The first-order valence-electron chi connectivity index (χ1n) is 21.5. The standard InChI is InChI=1S/C48H56FN7O5S/c1-26-21-35(54(23-28-11-16-31(58-8)17-12-28)24-29-13-18-32(59-9)19-14-29)50-40(36(26)33-22-48(33,6)7)41-38(49)39-37-43(53-45(52-39)62-10)55-25-30-15-20-34(42(55)27(2)60-44(37)51-41)56(30)46(57)61-47(3,4)5/h11-14,16-19,21,27,30,33-34,42H,15,20,22-25H2,1-10H3/t27-,30+,33?,34-,42+/m0/s1. The molecule has 2 saturated heterocycles. The summed E-state index contributed by atoms with van der Waals surface area (Å²) in [5.41, 5.74) is 4.22. The van der Waals surface area contributed by atoms with Gasteiger partial charge in [-0.3, -0.25) is 4.90 Å². The Morgan fingerprint density at radius 2 is 1.58 bits per heavy atom. The fourth-order valence-electron chi connectivity index (χ4n) is 9.79. The van der Waals surface area contributed by atoms with Gasteiger partial charge in [0.1, 0.15) is 51.4 Å². The molecule has 326 valence electrons. The highest BCUT2D eigenvalue weighted by Gasteiger charge is 2.54. The van der Waals surface area contributed by atoms with E-state index in [1.807, 2.05) is 63.1 Å². The number of ether oxygens (including phenoxy) is 4. The van der Waals surface area contributed by atoms with Crippen molar-refractivity contribution in [1.29, 1.82) is 0 Å². The summed E-state index contributed by atoms with van der Waals surface area (Å²) >= 11 is 1.36. The van der Waals surface area contributed by atoms with Crippen molar-refractivity contribution in [3.63, 3.8) is 0 Å². The summed E-state index contributed by atoms with van der Waals surface area (Å²) in [6.07, 6.45) is 3.67. The van der Waals surface area contributed by atoms with Crippen LogP contribution in [0.5, 0.6) is 17.4 Å². The molecule has 3 aliphatic heterocycles. The lowest BCUT2D eigenvalue weighted by atomic mass is 9.95. The third-order valence-corrected chi connectivity index (χ3v) is 13.5. The Kier molecular flexibility index (Phi) is 10.7. The molecule has 62 heavy (non-hydrogen) atoms. The van der Waals surface area contributed by atoms with Crippen molar-refractivity contribution in [2.24, 2.45) is 5.41 Å². The molecule has 12 nitrogen and oxygen atoms in total. The number of nitrogens with zero attached hydrogens (tertiary/aromatic N) is 7. The smallest absolute Gasteiger partial charge is 0.410 e. The van der Waals surface area contributed by atoms with Crippen LogP contribution in [0.4, 0.5) is 20.8 Å². The number of piperazine rings is 1. The van der Waals surface area contributed by atoms with Crippen LogP contribution in [0.1, 0.15) is 89.0 Å². The van der Waals surface area contributed by atoms with Gasteiger partial charge in [0.2, 0.25) is 5.88 Å². The summed E-state index contributed by atoms with van der Waals surface area (Å²) in [5, 5.41) is 0.877. The molecule has 0 N–H and O–H groups in total. The van der Waals surface area contributed by atoms with Crippen molar-refractivity contribution in [1.82, 2.24) is 24.8 Å². The molecule has 1 saturated carbocycles. The Labute approximate surface area is 367 Å². The molecular weight excluding hydrogens is 806 g/mol. The molecule has 5 atom stereocenters. The van der Waals surface area contributed by atoms with Gasteiger partial charge in [-0.15, -0.1) is 0 Å². The van der Waals surface area contributed by atoms with Gasteiger partial charge in [-0.05, 0) is 124 Å². The number of pyridine rings is 2. The number of hydrogen-bond acceptors (Lipinski definition) is 12. The molecule has 0 spiro atoms. The van der Waals surface area contributed by atoms with Crippen molar-refractivity contribution in [3.8, 4) is 28.8 Å². The van der Waals surface area contributed by atoms with Crippen LogP contribution in [0.15, 0.2) is 59.8 Å². The SMILES string of the molecule is COc1ccc(CN(Cc2ccc(OC)cc2)c2cc(C)c(C3CC3(C)C)c(-c3nc4c5c(nc(SC)nc5c3F)N3C[C@H]5CC[C@@H]([C@H]3[C@H](C)O4)N5C(=O)OC(C)(C)C)n2)cc1. The molecular formula is C48H56FN7O5S. The van der Waals surface area contributed by atoms with Crippen LogP contribution in [0.2, 0.25) is 0 Å². The lowest BCUT2D eigenvalue weighted by Crippen LogP contribution is -2.65. The Bertz CT molecular complexity index is 2480. The Morgan fingerprint density at radius 1 is 0.952 bits per heavy atom. The quantitative estimate of drug-likeness (QED) is 0.0984. The fourth-order valence-corrected chi connectivity index (χ4v) is 10.2. The van der Waals surface area contributed by atoms with Gasteiger partial charge in [-0.2, -0.15) is 0 Å². The van der Waals surface area contributed by atoms with Gasteiger partial charge in [0, 0.05) is 19.6 Å². The monoisotopic (exact) mass is 861 g/mol. The molecule has 2 bridgehead atoms. The minimum atomic E-state index is -0.639. The van der Waals surface area contributed by atoms with Crippen molar-refractivity contribution in [3.05, 3.63) is 82.7 Å². The van der Waals surface area contributed by atoms with Gasteiger partial charge < -0.3 is 28.7 Å². The second-order valence-corrected chi connectivity index (χ2v) is 19.6. The number of aromatic nitrogens is 4. The average Bonchev–Trinajstić information content (AvgIpc) is 3.79. The lowest BCUT2D eigenvalue weighted by Gasteiger charge is -2.48. The van der Waals surface area contributed by atoms with Gasteiger partial charge in [-0.25, -0.2) is 29.1 Å². The van der Waals surface area contributed by atoms with E-state index < -0.39 is 17.5 Å². The summed E-state index contributed by atoms with van der Waals surface area (Å²) in [7, 11) is 3.32. The van der Waals surface area contributed by atoms with E-state index >= 15 is 4.39 Å². The van der Waals surface area contributed by atoms with Crippen LogP contribution in [0.25, 0.3) is 22.3 Å². The topological polar surface area (TPSA) is 115 Å². The zero-order valence-corrected chi connectivity index (χ0v) is 38.1. The van der Waals surface area contributed by atoms with Crippen molar-refractivity contribution < 1.29 is 28.1 Å².